The molecule has 3 nitrogen and oxygen atoms in total. The fraction of sp³-hybridized carbons (Fsp3) is 0.571. The van der Waals surface area contributed by atoms with E-state index in [4.69, 9.17) is 4.74 Å². The van der Waals surface area contributed by atoms with Gasteiger partial charge in [0, 0.05) is 24.3 Å². The van der Waals surface area contributed by atoms with Gasteiger partial charge in [-0.2, -0.15) is 0 Å². The average Bonchev–Trinajstić information content (AvgIpc) is 2.95. The van der Waals surface area contributed by atoms with Gasteiger partial charge in [0.15, 0.2) is 0 Å². The molecule has 2 rings (SSSR count). The summed E-state index contributed by atoms with van der Waals surface area (Å²) >= 11 is 0. The lowest BCUT2D eigenvalue weighted by molar-refractivity contribution is 0.179. The third-order valence-electron chi connectivity index (χ3n) is 3.47. The first-order valence-corrected chi connectivity index (χ1v) is 8.08. The van der Waals surface area contributed by atoms with Crippen molar-refractivity contribution in [1.29, 1.82) is 0 Å². The van der Waals surface area contributed by atoms with Crippen LogP contribution in [0.25, 0.3) is 0 Å². The second kappa shape index (κ2) is 7.24. The van der Waals surface area contributed by atoms with Crippen LogP contribution < -0.4 is 5.32 Å². The molecule has 1 N–H and O–H groups in total. The molecule has 112 valence electrons. The van der Waals surface area contributed by atoms with Crippen LogP contribution in [0.4, 0.5) is 8.78 Å². The van der Waals surface area contributed by atoms with Gasteiger partial charge in [-0.15, -0.1) is 0 Å². The maximum absolute atomic E-state index is 13.6. The Labute approximate surface area is 120 Å². The molecule has 1 aliphatic rings. The number of hydrogen-bond acceptors (Lipinski definition) is 3. The largest absolute Gasteiger partial charge is 0.381 e. The minimum atomic E-state index is -1.57. The first kappa shape index (κ1) is 15.5. The second-order valence-corrected chi connectivity index (χ2v) is 6.34. The molecule has 1 aromatic rings. The van der Waals surface area contributed by atoms with Gasteiger partial charge in [-0.25, -0.2) is 8.78 Å². The van der Waals surface area contributed by atoms with Crippen LogP contribution in [0.1, 0.15) is 13.3 Å². The van der Waals surface area contributed by atoms with Gasteiger partial charge in [-0.1, -0.05) is 6.92 Å². The Bertz CT molecular complexity index is 478. The molecule has 0 saturated carbocycles. The van der Waals surface area contributed by atoms with Crippen LogP contribution in [0.3, 0.4) is 0 Å². The Balaban J connectivity index is 2.09. The molecule has 0 aliphatic carbocycles. The maximum Gasteiger partial charge on any atom is 0.139 e. The Morgan fingerprint density at radius 1 is 1.50 bits per heavy atom. The van der Waals surface area contributed by atoms with Crippen molar-refractivity contribution in [1.82, 2.24) is 5.32 Å². The Morgan fingerprint density at radius 3 is 2.95 bits per heavy atom. The quantitative estimate of drug-likeness (QED) is 0.874. The van der Waals surface area contributed by atoms with Crippen LogP contribution in [0.5, 0.6) is 0 Å². The molecule has 1 aliphatic heterocycles. The molecule has 20 heavy (non-hydrogen) atoms. The predicted molar refractivity (Wildman–Crippen MR) is 74.0 cm³/mol. The van der Waals surface area contributed by atoms with Gasteiger partial charge in [0.2, 0.25) is 0 Å². The highest BCUT2D eigenvalue weighted by molar-refractivity contribution is 7.85. The summed E-state index contributed by atoms with van der Waals surface area (Å²) in [6.45, 7) is 4.03. The first-order chi connectivity index (χ1) is 9.61. The maximum atomic E-state index is 13.6. The van der Waals surface area contributed by atoms with Crippen LogP contribution in [0.15, 0.2) is 23.1 Å². The minimum Gasteiger partial charge on any atom is -0.381 e. The van der Waals surface area contributed by atoms with E-state index >= 15 is 0 Å². The fourth-order valence-corrected chi connectivity index (χ4v) is 3.82. The zero-order chi connectivity index (χ0) is 14.5. The van der Waals surface area contributed by atoms with Crippen LogP contribution in [0.2, 0.25) is 0 Å². The van der Waals surface area contributed by atoms with Crippen molar-refractivity contribution in [3.8, 4) is 0 Å². The van der Waals surface area contributed by atoms with E-state index in [9.17, 15) is 13.0 Å². The Hall–Kier alpha value is -0.850. The molecule has 0 aromatic heterocycles. The lowest BCUT2D eigenvalue weighted by Crippen LogP contribution is -2.40. The zero-order valence-corrected chi connectivity index (χ0v) is 12.2. The standard InChI is InChI=1S/C14H19F2NO2S/c1-2-17-13(10-5-6-19-8-10)9-20(18)14-7-11(15)3-4-12(14)16/h3-4,7,10,13,17H,2,5-6,8-9H2,1H3. The molecule has 1 heterocycles. The molecule has 1 fully saturated rings. The molecule has 1 saturated heterocycles. The summed E-state index contributed by atoms with van der Waals surface area (Å²) in [5.74, 6) is -0.653. The summed E-state index contributed by atoms with van der Waals surface area (Å²) in [6, 6.07) is 3.05. The van der Waals surface area contributed by atoms with Crippen molar-refractivity contribution in [2.75, 3.05) is 25.5 Å². The summed E-state index contributed by atoms with van der Waals surface area (Å²) in [5.41, 5.74) is 0. The SMILES string of the molecule is CCNC(CS(=O)c1cc(F)ccc1F)C1CCOC1. The summed E-state index contributed by atoms with van der Waals surface area (Å²) in [5, 5.41) is 3.27. The Morgan fingerprint density at radius 2 is 2.30 bits per heavy atom. The summed E-state index contributed by atoms with van der Waals surface area (Å²) in [4.78, 5) is -0.0631. The lowest BCUT2D eigenvalue weighted by atomic mass is 10.0. The monoisotopic (exact) mass is 303 g/mol. The average molecular weight is 303 g/mol. The number of ether oxygens (including phenoxy) is 1. The molecule has 6 heteroatoms. The lowest BCUT2D eigenvalue weighted by Gasteiger charge is -2.22. The third kappa shape index (κ3) is 3.84. The van der Waals surface area contributed by atoms with Gasteiger partial charge in [-0.3, -0.25) is 4.21 Å². The van der Waals surface area contributed by atoms with Crippen LogP contribution in [-0.4, -0.2) is 35.8 Å². The van der Waals surface area contributed by atoms with Crippen LogP contribution in [0, 0.1) is 17.6 Å². The first-order valence-electron chi connectivity index (χ1n) is 6.76. The van der Waals surface area contributed by atoms with E-state index in [-0.39, 0.29) is 22.6 Å². The van der Waals surface area contributed by atoms with Crippen molar-refractivity contribution < 1.29 is 17.7 Å². The number of benzene rings is 1. The van der Waals surface area contributed by atoms with Gasteiger partial charge in [0.1, 0.15) is 11.6 Å². The molecular formula is C14H19F2NO2S. The minimum absolute atomic E-state index is 0.00833. The normalized spacial score (nSPS) is 21.9. The van der Waals surface area contributed by atoms with E-state index < -0.39 is 22.4 Å². The number of nitrogens with one attached hydrogen (secondary N) is 1. The van der Waals surface area contributed by atoms with Gasteiger partial charge in [-0.05, 0) is 31.2 Å². The van der Waals surface area contributed by atoms with E-state index in [2.05, 4.69) is 5.32 Å². The molecule has 3 unspecified atom stereocenters. The summed E-state index contributed by atoms with van der Waals surface area (Å²) in [7, 11) is -1.57. The molecule has 0 amide bonds. The zero-order valence-electron chi connectivity index (χ0n) is 11.4. The van der Waals surface area contributed by atoms with Crippen molar-refractivity contribution in [3.63, 3.8) is 0 Å². The molecule has 3 atom stereocenters. The number of halogens is 2. The van der Waals surface area contributed by atoms with Gasteiger partial charge in [0.25, 0.3) is 0 Å². The van der Waals surface area contributed by atoms with E-state index in [1.165, 1.54) is 0 Å². The summed E-state index contributed by atoms with van der Waals surface area (Å²) < 4.78 is 44.4. The topological polar surface area (TPSA) is 38.3 Å². The highest BCUT2D eigenvalue weighted by atomic mass is 32.2. The second-order valence-electron chi connectivity index (χ2n) is 4.87. The van der Waals surface area contributed by atoms with Crippen molar-refractivity contribution >= 4 is 10.8 Å². The highest BCUT2D eigenvalue weighted by Gasteiger charge is 2.27. The number of rotatable bonds is 6. The van der Waals surface area contributed by atoms with Crippen molar-refractivity contribution in [2.45, 2.75) is 24.3 Å². The molecule has 0 radical (unpaired) electrons. The smallest absolute Gasteiger partial charge is 0.139 e. The fourth-order valence-electron chi connectivity index (χ4n) is 2.40. The molecule has 1 aromatic carbocycles. The number of hydrogen-bond donors (Lipinski definition) is 1. The van der Waals surface area contributed by atoms with E-state index in [1.54, 1.807) is 0 Å². The predicted octanol–water partition coefficient (Wildman–Crippen LogP) is 2.09. The molecule has 0 bridgehead atoms. The van der Waals surface area contributed by atoms with Gasteiger partial charge >= 0.3 is 0 Å². The van der Waals surface area contributed by atoms with E-state index in [0.29, 0.717) is 13.2 Å². The van der Waals surface area contributed by atoms with Gasteiger partial charge < -0.3 is 10.1 Å². The van der Waals surface area contributed by atoms with Crippen molar-refractivity contribution in [2.24, 2.45) is 5.92 Å². The van der Waals surface area contributed by atoms with Gasteiger partial charge in [0.05, 0.1) is 22.3 Å². The molecule has 0 spiro atoms. The van der Waals surface area contributed by atoms with E-state index in [0.717, 1.165) is 31.2 Å². The Kier molecular flexibility index (Phi) is 5.63. The van der Waals surface area contributed by atoms with Crippen molar-refractivity contribution in [3.05, 3.63) is 29.8 Å². The highest BCUT2D eigenvalue weighted by Crippen LogP contribution is 2.21. The van der Waals surface area contributed by atoms with Crippen LogP contribution >= 0.6 is 0 Å². The van der Waals surface area contributed by atoms with Crippen LogP contribution in [-0.2, 0) is 15.5 Å². The third-order valence-corrected chi connectivity index (χ3v) is 4.94. The summed E-state index contributed by atoms with van der Waals surface area (Å²) in [6.07, 6.45) is 0.903. The molecular weight excluding hydrogens is 284 g/mol. The van der Waals surface area contributed by atoms with E-state index in [1.807, 2.05) is 6.92 Å².